The lowest BCUT2D eigenvalue weighted by atomic mass is 10.0. The maximum atomic E-state index is 12.5. The molecule has 0 saturated heterocycles. The van der Waals surface area contributed by atoms with Crippen molar-refractivity contribution in [3.05, 3.63) is 51.2 Å². The average Bonchev–Trinajstić information content (AvgIpc) is 2.77. The third-order valence-corrected chi connectivity index (χ3v) is 3.76. The van der Waals surface area contributed by atoms with E-state index < -0.39 is 0 Å². The predicted molar refractivity (Wildman–Crippen MR) is 74.8 cm³/mol. The van der Waals surface area contributed by atoms with Crippen molar-refractivity contribution in [2.24, 2.45) is 0 Å². The molecule has 2 rings (SSSR count). The first-order valence-electron chi connectivity index (χ1n) is 5.95. The van der Waals surface area contributed by atoms with Crippen molar-refractivity contribution in [2.45, 2.75) is 20.8 Å². The van der Waals surface area contributed by atoms with Crippen LogP contribution in [0, 0.1) is 13.8 Å². The Labute approximate surface area is 111 Å². The second-order valence-corrected chi connectivity index (χ2v) is 5.11. The first-order chi connectivity index (χ1) is 8.63. The van der Waals surface area contributed by atoms with Crippen LogP contribution in [0.25, 0.3) is 0 Å². The van der Waals surface area contributed by atoms with Gasteiger partial charge in [0.1, 0.15) is 5.75 Å². The molecule has 1 heterocycles. The van der Waals surface area contributed by atoms with Crippen LogP contribution in [0.5, 0.6) is 5.75 Å². The molecular formula is C15H16O2S. The molecule has 0 aliphatic carbocycles. The smallest absolute Gasteiger partial charge is 0.206 e. The molecule has 0 N–H and O–H groups in total. The standard InChI is InChI=1S/C15H16O2S/c1-4-17-13-6-5-10(2)9-12(13)14(16)15-11(3)7-8-18-15/h5-9H,4H2,1-3H3. The number of benzene rings is 1. The minimum absolute atomic E-state index is 0.0506. The highest BCUT2D eigenvalue weighted by Gasteiger charge is 2.17. The fraction of sp³-hybridized carbons (Fsp3) is 0.267. The zero-order chi connectivity index (χ0) is 13.1. The number of carbonyl (C=O) groups is 1. The zero-order valence-electron chi connectivity index (χ0n) is 10.8. The van der Waals surface area contributed by atoms with Gasteiger partial charge >= 0.3 is 0 Å². The van der Waals surface area contributed by atoms with E-state index in [9.17, 15) is 4.79 Å². The van der Waals surface area contributed by atoms with Crippen LogP contribution in [0.1, 0.15) is 33.3 Å². The summed E-state index contributed by atoms with van der Waals surface area (Å²) in [4.78, 5) is 13.3. The second kappa shape index (κ2) is 5.36. The number of hydrogen-bond donors (Lipinski definition) is 0. The fourth-order valence-corrected chi connectivity index (χ4v) is 2.71. The molecule has 94 valence electrons. The van der Waals surface area contributed by atoms with E-state index in [-0.39, 0.29) is 5.78 Å². The van der Waals surface area contributed by atoms with Gasteiger partial charge in [0.25, 0.3) is 0 Å². The van der Waals surface area contributed by atoms with Gasteiger partial charge in [-0.3, -0.25) is 4.79 Å². The molecule has 0 fully saturated rings. The molecular weight excluding hydrogens is 244 g/mol. The van der Waals surface area contributed by atoms with Gasteiger partial charge in [-0.15, -0.1) is 11.3 Å². The molecule has 1 aromatic carbocycles. The van der Waals surface area contributed by atoms with Gasteiger partial charge in [-0.05, 0) is 49.9 Å². The van der Waals surface area contributed by atoms with Gasteiger partial charge in [-0.25, -0.2) is 0 Å². The number of carbonyl (C=O) groups excluding carboxylic acids is 1. The van der Waals surface area contributed by atoms with Crippen LogP contribution in [0.2, 0.25) is 0 Å². The number of hydrogen-bond acceptors (Lipinski definition) is 3. The second-order valence-electron chi connectivity index (χ2n) is 4.19. The molecule has 1 aromatic heterocycles. The van der Waals surface area contributed by atoms with Gasteiger partial charge in [-0.2, -0.15) is 0 Å². The van der Waals surface area contributed by atoms with E-state index in [1.54, 1.807) is 0 Å². The lowest BCUT2D eigenvalue weighted by Gasteiger charge is -2.10. The van der Waals surface area contributed by atoms with Gasteiger partial charge < -0.3 is 4.74 Å². The van der Waals surface area contributed by atoms with Crippen LogP contribution in [0.15, 0.2) is 29.6 Å². The summed E-state index contributed by atoms with van der Waals surface area (Å²) < 4.78 is 5.53. The maximum Gasteiger partial charge on any atom is 0.206 e. The number of thiophene rings is 1. The Kier molecular flexibility index (Phi) is 3.82. The molecule has 0 aliphatic rings. The van der Waals surface area contributed by atoms with Gasteiger partial charge in [0.15, 0.2) is 0 Å². The summed E-state index contributed by atoms with van der Waals surface area (Å²) in [5.41, 5.74) is 2.74. The Morgan fingerprint density at radius 2 is 2.06 bits per heavy atom. The fourth-order valence-electron chi connectivity index (χ4n) is 1.83. The summed E-state index contributed by atoms with van der Waals surface area (Å²) in [5, 5.41) is 1.94. The minimum atomic E-state index is 0.0506. The van der Waals surface area contributed by atoms with E-state index in [4.69, 9.17) is 4.74 Å². The molecule has 3 heteroatoms. The molecule has 0 bridgehead atoms. The van der Waals surface area contributed by atoms with Crippen LogP contribution >= 0.6 is 11.3 Å². The molecule has 0 atom stereocenters. The van der Waals surface area contributed by atoms with Crippen molar-refractivity contribution in [1.82, 2.24) is 0 Å². The van der Waals surface area contributed by atoms with E-state index >= 15 is 0 Å². The normalized spacial score (nSPS) is 10.4. The highest BCUT2D eigenvalue weighted by molar-refractivity contribution is 7.12. The third-order valence-electron chi connectivity index (χ3n) is 2.75. The van der Waals surface area contributed by atoms with Crippen LogP contribution in [0.4, 0.5) is 0 Å². The van der Waals surface area contributed by atoms with Crippen molar-refractivity contribution in [2.75, 3.05) is 6.61 Å². The quantitative estimate of drug-likeness (QED) is 0.777. The van der Waals surface area contributed by atoms with Crippen LogP contribution < -0.4 is 4.74 Å². The molecule has 2 aromatic rings. The summed E-state index contributed by atoms with van der Waals surface area (Å²) in [7, 11) is 0. The third kappa shape index (κ3) is 2.46. The van der Waals surface area contributed by atoms with Crippen molar-refractivity contribution in [1.29, 1.82) is 0 Å². The van der Waals surface area contributed by atoms with E-state index in [2.05, 4.69) is 0 Å². The Morgan fingerprint density at radius 3 is 2.67 bits per heavy atom. The average molecular weight is 260 g/mol. The van der Waals surface area contributed by atoms with Gasteiger partial charge in [0, 0.05) is 0 Å². The van der Waals surface area contributed by atoms with Crippen LogP contribution in [-0.2, 0) is 0 Å². The summed E-state index contributed by atoms with van der Waals surface area (Å²) in [6, 6.07) is 7.69. The van der Waals surface area contributed by atoms with Gasteiger partial charge in [0.2, 0.25) is 5.78 Å². The number of ketones is 1. The topological polar surface area (TPSA) is 26.3 Å². The van der Waals surface area contributed by atoms with Crippen LogP contribution in [-0.4, -0.2) is 12.4 Å². The molecule has 0 radical (unpaired) electrons. The van der Waals surface area contributed by atoms with Crippen LogP contribution in [0.3, 0.4) is 0 Å². The Bertz CT molecular complexity index is 570. The number of aryl methyl sites for hydroxylation is 2. The van der Waals surface area contributed by atoms with E-state index in [0.717, 1.165) is 16.0 Å². The molecule has 0 saturated carbocycles. The van der Waals surface area contributed by atoms with E-state index in [0.29, 0.717) is 17.9 Å². The number of rotatable bonds is 4. The number of ether oxygens (including phenoxy) is 1. The first kappa shape index (κ1) is 12.8. The van der Waals surface area contributed by atoms with E-state index in [1.807, 2.05) is 50.4 Å². The van der Waals surface area contributed by atoms with E-state index in [1.165, 1.54) is 11.3 Å². The van der Waals surface area contributed by atoms with Gasteiger partial charge in [0.05, 0.1) is 17.0 Å². The summed E-state index contributed by atoms with van der Waals surface area (Å²) in [6.07, 6.45) is 0. The SMILES string of the molecule is CCOc1ccc(C)cc1C(=O)c1sccc1C. The highest BCUT2D eigenvalue weighted by atomic mass is 32.1. The van der Waals surface area contributed by atoms with Crippen molar-refractivity contribution < 1.29 is 9.53 Å². The monoisotopic (exact) mass is 260 g/mol. The Hall–Kier alpha value is -1.61. The largest absolute Gasteiger partial charge is 0.493 e. The summed E-state index contributed by atoms with van der Waals surface area (Å²) >= 11 is 1.48. The molecule has 0 aliphatic heterocycles. The highest BCUT2D eigenvalue weighted by Crippen LogP contribution is 2.27. The molecule has 18 heavy (non-hydrogen) atoms. The molecule has 0 unspecified atom stereocenters. The Balaban J connectivity index is 2.46. The molecule has 0 spiro atoms. The maximum absolute atomic E-state index is 12.5. The predicted octanol–water partition coefficient (Wildman–Crippen LogP) is 3.99. The van der Waals surface area contributed by atoms with Crippen molar-refractivity contribution in [3.8, 4) is 5.75 Å². The van der Waals surface area contributed by atoms with Crippen molar-refractivity contribution in [3.63, 3.8) is 0 Å². The summed E-state index contributed by atoms with van der Waals surface area (Å²) in [6.45, 7) is 6.42. The minimum Gasteiger partial charge on any atom is -0.493 e. The molecule has 0 amide bonds. The molecule has 2 nitrogen and oxygen atoms in total. The zero-order valence-corrected chi connectivity index (χ0v) is 11.6. The van der Waals surface area contributed by atoms with Crippen molar-refractivity contribution >= 4 is 17.1 Å². The first-order valence-corrected chi connectivity index (χ1v) is 6.83. The lowest BCUT2D eigenvalue weighted by Crippen LogP contribution is -2.05. The van der Waals surface area contributed by atoms with Gasteiger partial charge in [-0.1, -0.05) is 11.6 Å². The Morgan fingerprint density at radius 1 is 1.28 bits per heavy atom. The summed E-state index contributed by atoms with van der Waals surface area (Å²) in [5.74, 6) is 0.718. The lowest BCUT2D eigenvalue weighted by molar-refractivity contribution is 0.103.